The van der Waals surface area contributed by atoms with E-state index in [1.807, 2.05) is 0 Å². The quantitative estimate of drug-likeness (QED) is 0.637. The molecule has 0 spiro atoms. The largest absolute Gasteiger partial charge is 0.449 e. The minimum atomic E-state index is -0.0737. The van der Waals surface area contributed by atoms with E-state index < -0.39 is 0 Å². The van der Waals surface area contributed by atoms with Gasteiger partial charge in [-0.25, -0.2) is 0 Å². The predicted molar refractivity (Wildman–Crippen MR) is 93.9 cm³/mol. The van der Waals surface area contributed by atoms with E-state index in [4.69, 9.17) is 8.83 Å². The molecular weight excluding hydrogens is 336 g/mol. The van der Waals surface area contributed by atoms with Gasteiger partial charge in [-0.2, -0.15) is 23.5 Å². The Balaban J connectivity index is 1.43. The number of hydrogen-bond acceptors (Lipinski definition) is 6. The van der Waals surface area contributed by atoms with Crippen LogP contribution in [0.25, 0.3) is 0 Å². The van der Waals surface area contributed by atoms with Crippen LogP contribution in [-0.2, 0) is 9.59 Å². The van der Waals surface area contributed by atoms with Crippen molar-refractivity contribution in [3.63, 3.8) is 0 Å². The third kappa shape index (κ3) is 7.34. The van der Waals surface area contributed by atoms with E-state index >= 15 is 0 Å². The number of amides is 2. The van der Waals surface area contributed by atoms with Gasteiger partial charge in [-0.1, -0.05) is 0 Å². The molecule has 2 aromatic heterocycles. The Kier molecular flexibility index (Phi) is 7.68. The van der Waals surface area contributed by atoms with Gasteiger partial charge in [0.15, 0.2) is 11.8 Å². The van der Waals surface area contributed by atoms with Crippen molar-refractivity contribution in [1.29, 1.82) is 0 Å². The Morgan fingerprint density at radius 3 is 1.74 bits per heavy atom. The summed E-state index contributed by atoms with van der Waals surface area (Å²) in [5, 5.41) is 5.33. The fourth-order valence-corrected chi connectivity index (χ4v) is 3.32. The van der Waals surface area contributed by atoms with E-state index in [1.165, 1.54) is 12.5 Å². The van der Waals surface area contributed by atoms with Gasteiger partial charge in [0, 0.05) is 12.1 Å². The molecule has 2 rings (SSSR count). The number of anilines is 2. The van der Waals surface area contributed by atoms with Crippen LogP contribution < -0.4 is 10.6 Å². The molecule has 0 bridgehead atoms. The zero-order valence-electron chi connectivity index (χ0n) is 12.4. The lowest BCUT2D eigenvalue weighted by Crippen LogP contribution is -2.14. The first kappa shape index (κ1) is 17.6. The van der Waals surface area contributed by atoms with Gasteiger partial charge in [0.1, 0.15) is 0 Å². The molecule has 0 unspecified atom stereocenters. The molecule has 0 saturated carbocycles. The molecule has 0 aliphatic rings. The minimum absolute atomic E-state index is 0.0737. The third-order valence-electron chi connectivity index (χ3n) is 2.61. The van der Waals surface area contributed by atoms with Crippen LogP contribution in [0.2, 0.25) is 0 Å². The van der Waals surface area contributed by atoms with Crippen molar-refractivity contribution in [1.82, 2.24) is 0 Å². The van der Waals surface area contributed by atoms with Gasteiger partial charge in [-0.3, -0.25) is 20.2 Å². The molecule has 0 aliphatic carbocycles. The molecule has 0 radical (unpaired) electrons. The van der Waals surface area contributed by atoms with Crippen LogP contribution >= 0.6 is 23.5 Å². The molecule has 2 aromatic rings. The molecule has 0 aromatic carbocycles. The molecule has 8 heteroatoms. The SMILES string of the molecule is O=C(CSCCCSCC(=O)Nc1ccco1)Nc1ccco1. The summed E-state index contributed by atoms with van der Waals surface area (Å²) in [5.74, 6) is 3.32. The summed E-state index contributed by atoms with van der Waals surface area (Å²) in [4.78, 5) is 23.2. The van der Waals surface area contributed by atoms with Crippen LogP contribution in [0.15, 0.2) is 45.6 Å². The number of hydrogen-bond donors (Lipinski definition) is 2. The summed E-state index contributed by atoms with van der Waals surface area (Å²) in [7, 11) is 0. The predicted octanol–water partition coefficient (Wildman–Crippen LogP) is 3.31. The van der Waals surface area contributed by atoms with E-state index in [2.05, 4.69) is 10.6 Å². The van der Waals surface area contributed by atoms with Gasteiger partial charge in [-0.15, -0.1) is 0 Å². The second kappa shape index (κ2) is 10.1. The third-order valence-corrected chi connectivity index (χ3v) is 4.70. The summed E-state index contributed by atoms with van der Waals surface area (Å²) >= 11 is 3.13. The highest BCUT2D eigenvalue weighted by Gasteiger charge is 2.05. The second-order valence-electron chi connectivity index (χ2n) is 4.51. The van der Waals surface area contributed by atoms with Crippen LogP contribution in [0.3, 0.4) is 0 Å². The van der Waals surface area contributed by atoms with E-state index in [1.54, 1.807) is 47.8 Å². The molecule has 2 N–H and O–H groups in total. The smallest absolute Gasteiger partial charge is 0.236 e. The molecule has 0 fully saturated rings. The van der Waals surface area contributed by atoms with Crippen molar-refractivity contribution in [2.45, 2.75) is 6.42 Å². The van der Waals surface area contributed by atoms with Crippen molar-refractivity contribution in [2.75, 3.05) is 33.6 Å². The fraction of sp³-hybridized carbons (Fsp3) is 0.333. The Labute approximate surface area is 142 Å². The van der Waals surface area contributed by atoms with E-state index in [0.717, 1.165) is 17.9 Å². The van der Waals surface area contributed by atoms with Crippen molar-refractivity contribution in [3.05, 3.63) is 36.8 Å². The zero-order chi connectivity index (χ0) is 16.3. The van der Waals surface area contributed by atoms with E-state index in [-0.39, 0.29) is 11.8 Å². The molecule has 124 valence electrons. The second-order valence-corrected chi connectivity index (χ2v) is 6.72. The molecule has 6 nitrogen and oxygen atoms in total. The summed E-state index contributed by atoms with van der Waals surface area (Å²) in [5.41, 5.74) is 0. The molecule has 23 heavy (non-hydrogen) atoms. The summed E-state index contributed by atoms with van der Waals surface area (Å²) in [6, 6.07) is 6.85. The molecule has 2 amide bonds. The fourth-order valence-electron chi connectivity index (χ4n) is 1.64. The minimum Gasteiger partial charge on any atom is -0.449 e. The summed E-state index contributed by atoms with van der Waals surface area (Å²) < 4.78 is 10.1. The van der Waals surface area contributed by atoms with Gasteiger partial charge >= 0.3 is 0 Å². The van der Waals surface area contributed by atoms with Crippen molar-refractivity contribution in [2.24, 2.45) is 0 Å². The highest BCUT2D eigenvalue weighted by atomic mass is 32.2. The lowest BCUT2D eigenvalue weighted by molar-refractivity contribution is -0.114. The van der Waals surface area contributed by atoms with Crippen molar-refractivity contribution >= 4 is 47.1 Å². The molecule has 2 heterocycles. The number of nitrogens with one attached hydrogen (secondary N) is 2. The Hall–Kier alpha value is -1.80. The van der Waals surface area contributed by atoms with E-state index in [0.29, 0.717) is 23.3 Å². The van der Waals surface area contributed by atoms with Gasteiger partial charge in [0.05, 0.1) is 24.0 Å². The van der Waals surface area contributed by atoms with Gasteiger partial charge < -0.3 is 8.83 Å². The van der Waals surface area contributed by atoms with Crippen LogP contribution in [0, 0.1) is 0 Å². The average molecular weight is 354 g/mol. The molecule has 0 aliphatic heterocycles. The maximum absolute atomic E-state index is 11.6. The maximum Gasteiger partial charge on any atom is 0.236 e. The Bertz CT molecular complexity index is 532. The van der Waals surface area contributed by atoms with Crippen LogP contribution in [0.1, 0.15) is 6.42 Å². The standard InChI is InChI=1S/C15H18N2O4S2/c18-12(16-14-4-1-6-20-14)10-22-8-3-9-23-11-13(19)17-15-5-2-7-21-15/h1-2,4-7H,3,8-11H2,(H,16,18)(H,17,19). The lowest BCUT2D eigenvalue weighted by Gasteiger charge is -2.03. The molecular formula is C15H18N2O4S2. The number of rotatable bonds is 10. The normalized spacial score (nSPS) is 10.4. The molecule has 0 saturated heterocycles. The Morgan fingerprint density at radius 2 is 1.35 bits per heavy atom. The lowest BCUT2D eigenvalue weighted by atomic mass is 10.6. The van der Waals surface area contributed by atoms with E-state index in [9.17, 15) is 9.59 Å². The van der Waals surface area contributed by atoms with Crippen LogP contribution in [-0.4, -0.2) is 34.8 Å². The summed E-state index contributed by atoms with van der Waals surface area (Å²) in [6.45, 7) is 0. The van der Waals surface area contributed by atoms with Crippen LogP contribution in [0.5, 0.6) is 0 Å². The average Bonchev–Trinajstić information content (AvgIpc) is 3.20. The number of carbonyl (C=O) groups is 2. The van der Waals surface area contributed by atoms with Gasteiger partial charge in [-0.05, 0) is 30.1 Å². The number of carbonyl (C=O) groups excluding carboxylic acids is 2. The van der Waals surface area contributed by atoms with Gasteiger partial charge in [0.25, 0.3) is 0 Å². The maximum atomic E-state index is 11.6. The first-order valence-electron chi connectivity index (χ1n) is 7.06. The summed E-state index contributed by atoms with van der Waals surface area (Å²) in [6.07, 6.45) is 3.97. The van der Waals surface area contributed by atoms with Crippen molar-refractivity contribution in [3.8, 4) is 0 Å². The highest BCUT2D eigenvalue weighted by Crippen LogP contribution is 2.12. The van der Waals surface area contributed by atoms with Crippen LogP contribution in [0.4, 0.5) is 11.8 Å². The monoisotopic (exact) mass is 354 g/mol. The molecule has 0 atom stereocenters. The first-order valence-corrected chi connectivity index (χ1v) is 9.37. The van der Waals surface area contributed by atoms with Crippen molar-refractivity contribution < 1.29 is 18.4 Å². The number of furan rings is 2. The topological polar surface area (TPSA) is 84.5 Å². The number of thioether (sulfide) groups is 2. The zero-order valence-corrected chi connectivity index (χ0v) is 14.1. The highest BCUT2D eigenvalue weighted by molar-refractivity contribution is 8.00. The van der Waals surface area contributed by atoms with Gasteiger partial charge in [0.2, 0.25) is 11.8 Å². The Morgan fingerprint density at radius 1 is 0.870 bits per heavy atom. The first-order chi connectivity index (χ1) is 11.2.